The number of carbonyl (C=O) groups is 1. The first-order valence-corrected chi connectivity index (χ1v) is 8.28. The highest BCUT2D eigenvalue weighted by molar-refractivity contribution is 7.90. The smallest absolute Gasteiger partial charge is 0.307 e. The fraction of sp³-hybridized carbons (Fsp3) is 0.562. The topological polar surface area (TPSA) is 61.4 Å². The largest absolute Gasteiger partial charge is 0.598 e. The molecule has 21 heavy (non-hydrogen) atoms. The van der Waals surface area contributed by atoms with Crippen LogP contribution in [-0.4, -0.2) is 22.4 Å². The van der Waals surface area contributed by atoms with Crippen LogP contribution in [0.25, 0.3) is 0 Å². The molecule has 0 radical (unpaired) electrons. The van der Waals surface area contributed by atoms with Crippen molar-refractivity contribution in [2.45, 2.75) is 50.3 Å². The van der Waals surface area contributed by atoms with E-state index in [2.05, 4.69) is 10.8 Å². The Hall–Kier alpha value is -1.04. The molecule has 1 aliphatic carbocycles. The summed E-state index contributed by atoms with van der Waals surface area (Å²) in [4.78, 5) is 11.9. The van der Waals surface area contributed by atoms with Gasteiger partial charge in [-0.1, -0.05) is 24.3 Å². The van der Waals surface area contributed by atoms with E-state index >= 15 is 0 Å². The SMILES string of the molecule is COC(=O)C[C@@]1(N[S+]([O-])C(C)(C)C)CCc2ccccc21. The number of benzene rings is 1. The summed E-state index contributed by atoms with van der Waals surface area (Å²) in [5.41, 5.74) is 1.68. The third kappa shape index (κ3) is 3.42. The maximum Gasteiger partial charge on any atom is 0.307 e. The molecule has 5 heteroatoms. The van der Waals surface area contributed by atoms with Gasteiger partial charge in [0.2, 0.25) is 0 Å². The number of methoxy groups -OCH3 is 1. The Morgan fingerprint density at radius 3 is 2.71 bits per heavy atom. The fourth-order valence-electron chi connectivity index (χ4n) is 2.66. The molecule has 1 aromatic rings. The summed E-state index contributed by atoms with van der Waals surface area (Å²) in [6.45, 7) is 5.76. The molecule has 0 heterocycles. The van der Waals surface area contributed by atoms with E-state index in [4.69, 9.17) is 4.74 Å². The van der Waals surface area contributed by atoms with Crippen molar-refractivity contribution >= 4 is 17.3 Å². The minimum absolute atomic E-state index is 0.197. The minimum atomic E-state index is -1.25. The Labute approximate surface area is 129 Å². The molecule has 4 nitrogen and oxygen atoms in total. The van der Waals surface area contributed by atoms with E-state index in [0.29, 0.717) is 0 Å². The highest BCUT2D eigenvalue weighted by Crippen LogP contribution is 2.41. The first kappa shape index (κ1) is 16.3. The molecule has 0 aromatic heterocycles. The van der Waals surface area contributed by atoms with Crippen molar-refractivity contribution in [3.05, 3.63) is 35.4 Å². The number of nitrogens with one attached hydrogen (secondary N) is 1. The Morgan fingerprint density at radius 2 is 2.10 bits per heavy atom. The molecule has 1 aromatic carbocycles. The summed E-state index contributed by atoms with van der Waals surface area (Å²) in [5.74, 6) is -0.287. The molecule has 1 aliphatic rings. The maximum atomic E-state index is 12.6. The van der Waals surface area contributed by atoms with Gasteiger partial charge in [0.15, 0.2) is 0 Å². The average molecular weight is 309 g/mol. The van der Waals surface area contributed by atoms with E-state index in [1.54, 1.807) is 0 Å². The van der Waals surface area contributed by atoms with Gasteiger partial charge in [-0.3, -0.25) is 4.79 Å². The zero-order valence-electron chi connectivity index (χ0n) is 13.1. The van der Waals surface area contributed by atoms with Crippen molar-refractivity contribution < 1.29 is 14.1 Å². The fourth-order valence-corrected chi connectivity index (χ4v) is 3.61. The van der Waals surface area contributed by atoms with Crippen molar-refractivity contribution in [3.63, 3.8) is 0 Å². The lowest BCUT2D eigenvalue weighted by Crippen LogP contribution is -2.51. The van der Waals surface area contributed by atoms with Gasteiger partial charge >= 0.3 is 5.97 Å². The zero-order valence-corrected chi connectivity index (χ0v) is 13.9. The van der Waals surface area contributed by atoms with E-state index in [1.165, 1.54) is 12.7 Å². The third-order valence-electron chi connectivity index (χ3n) is 3.87. The summed E-state index contributed by atoms with van der Waals surface area (Å²) in [7, 11) is 1.39. The van der Waals surface area contributed by atoms with Crippen LogP contribution in [0.2, 0.25) is 0 Å². The van der Waals surface area contributed by atoms with E-state index < -0.39 is 16.9 Å². The number of aryl methyl sites for hydroxylation is 1. The van der Waals surface area contributed by atoms with E-state index in [0.717, 1.165) is 18.4 Å². The minimum Gasteiger partial charge on any atom is -0.598 e. The molecule has 0 aliphatic heterocycles. The Bertz CT molecular complexity index is 526. The quantitative estimate of drug-likeness (QED) is 0.685. The number of ether oxygens (including phenoxy) is 1. The van der Waals surface area contributed by atoms with Crippen LogP contribution in [0.15, 0.2) is 24.3 Å². The zero-order chi connectivity index (χ0) is 15.7. The molecule has 0 saturated heterocycles. The predicted molar refractivity (Wildman–Crippen MR) is 84.1 cm³/mol. The number of hydrogen-bond acceptors (Lipinski definition) is 4. The maximum absolute atomic E-state index is 12.6. The van der Waals surface area contributed by atoms with Gasteiger partial charge in [0.05, 0.1) is 19.1 Å². The molecule has 2 rings (SSSR count). The molecule has 2 atom stereocenters. The number of rotatable bonds is 4. The van der Waals surface area contributed by atoms with Crippen LogP contribution < -0.4 is 4.72 Å². The van der Waals surface area contributed by atoms with E-state index in [9.17, 15) is 9.35 Å². The summed E-state index contributed by atoms with van der Waals surface area (Å²) < 4.78 is 20.2. The molecule has 0 saturated carbocycles. The first-order valence-electron chi connectivity index (χ1n) is 7.13. The Kier molecular flexibility index (Phi) is 4.66. The van der Waals surface area contributed by atoms with Crippen molar-refractivity contribution in [2.24, 2.45) is 0 Å². The molecule has 0 bridgehead atoms. The summed E-state index contributed by atoms with van der Waals surface area (Å²) in [6, 6.07) is 8.03. The summed E-state index contributed by atoms with van der Waals surface area (Å²) in [6.07, 6.45) is 1.83. The molecule has 1 unspecified atom stereocenters. The molecule has 0 spiro atoms. The van der Waals surface area contributed by atoms with E-state index in [1.807, 2.05) is 39.0 Å². The Balaban J connectivity index is 2.36. The lowest BCUT2D eigenvalue weighted by molar-refractivity contribution is -0.142. The molecule has 0 fully saturated rings. The average Bonchev–Trinajstić information content (AvgIpc) is 2.77. The second kappa shape index (κ2) is 5.99. The van der Waals surface area contributed by atoms with Gasteiger partial charge in [-0.2, -0.15) is 0 Å². The van der Waals surface area contributed by atoms with Gasteiger partial charge < -0.3 is 9.29 Å². The third-order valence-corrected chi connectivity index (χ3v) is 5.56. The van der Waals surface area contributed by atoms with Gasteiger partial charge in [-0.15, -0.1) is 4.72 Å². The lowest BCUT2D eigenvalue weighted by Gasteiger charge is -2.34. The van der Waals surface area contributed by atoms with Gasteiger partial charge in [0.25, 0.3) is 0 Å². The van der Waals surface area contributed by atoms with Crippen molar-refractivity contribution in [3.8, 4) is 0 Å². The van der Waals surface area contributed by atoms with Crippen LogP contribution in [0, 0.1) is 0 Å². The van der Waals surface area contributed by atoms with Crippen molar-refractivity contribution in [1.29, 1.82) is 0 Å². The first-order chi connectivity index (χ1) is 9.78. The molecule has 1 N–H and O–H groups in total. The number of fused-ring (bicyclic) bond motifs is 1. The molecule has 0 amide bonds. The number of hydrogen-bond donors (Lipinski definition) is 1. The molecule has 116 valence electrons. The Morgan fingerprint density at radius 1 is 1.43 bits per heavy atom. The van der Waals surface area contributed by atoms with Crippen molar-refractivity contribution in [1.82, 2.24) is 4.72 Å². The van der Waals surface area contributed by atoms with Crippen LogP contribution in [-0.2, 0) is 32.9 Å². The molecular formula is C16H23NO3S. The van der Waals surface area contributed by atoms with Gasteiger partial charge in [0.1, 0.15) is 4.75 Å². The van der Waals surface area contributed by atoms with E-state index in [-0.39, 0.29) is 17.1 Å². The second-order valence-corrected chi connectivity index (χ2v) is 8.44. The van der Waals surface area contributed by atoms with Crippen LogP contribution in [0.3, 0.4) is 0 Å². The second-order valence-electron chi connectivity index (χ2n) is 6.48. The number of esters is 1. The summed E-state index contributed by atoms with van der Waals surface area (Å²) >= 11 is -1.25. The summed E-state index contributed by atoms with van der Waals surface area (Å²) in [5, 5.41) is 0. The predicted octanol–water partition coefficient (Wildman–Crippen LogP) is 2.44. The number of carbonyl (C=O) groups excluding carboxylic acids is 1. The highest BCUT2D eigenvalue weighted by Gasteiger charge is 2.46. The van der Waals surface area contributed by atoms with Crippen LogP contribution in [0.4, 0.5) is 0 Å². The van der Waals surface area contributed by atoms with Gasteiger partial charge in [-0.05, 0) is 44.7 Å². The normalized spacial score (nSPS) is 22.7. The van der Waals surface area contributed by atoms with Crippen LogP contribution in [0.5, 0.6) is 0 Å². The van der Waals surface area contributed by atoms with Crippen LogP contribution >= 0.6 is 0 Å². The van der Waals surface area contributed by atoms with Crippen molar-refractivity contribution in [2.75, 3.05) is 7.11 Å². The van der Waals surface area contributed by atoms with Gasteiger partial charge in [0, 0.05) is 11.4 Å². The van der Waals surface area contributed by atoms with Gasteiger partial charge in [-0.25, -0.2) is 0 Å². The molecular weight excluding hydrogens is 286 g/mol. The highest BCUT2D eigenvalue weighted by atomic mass is 32.2. The monoisotopic (exact) mass is 309 g/mol. The lowest BCUT2D eigenvalue weighted by atomic mass is 9.89. The van der Waals surface area contributed by atoms with Crippen LogP contribution in [0.1, 0.15) is 44.7 Å². The standard InChI is InChI=1S/C16H23NO3S/c1-15(2,3)21(19)17-16(11-14(18)20-4)10-9-12-7-5-6-8-13(12)16/h5-8,17H,9-11H2,1-4H3/t16-,21?/m0/s1.